The van der Waals surface area contributed by atoms with Crippen molar-refractivity contribution < 1.29 is 0 Å². The van der Waals surface area contributed by atoms with Gasteiger partial charge in [0.1, 0.15) is 12.7 Å². The first-order chi connectivity index (χ1) is 11.8. The van der Waals surface area contributed by atoms with Gasteiger partial charge in [-0.2, -0.15) is 0 Å². The molecule has 0 atom stereocenters. The molecule has 0 aliphatic rings. The largest absolute Gasteiger partial charge is 0.381 e. The monoisotopic (exact) mass is 335 g/mol. The fraction of sp³-hybridized carbons (Fsp3) is 0.0556. The van der Waals surface area contributed by atoms with Crippen molar-refractivity contribution in [2.45, 2.75) is 6.54 Å². The smallest absolute Gasteiger partial charge is 0.123 e. The normalized spacial score (nSPS) is 10.9. The Hall–Kier alpha value is -2.92. The van der Waals surface area contributed by atoms with Gasteiger partial charge in [-0.05, 0) is 42.0 Å². The Kier molecular flexibility index (Phi) is 3.84. The number of nitrogens with zero attached hydrogens (tertiary/aromatic N) is 4. The Labute approximate surface area is 143 Å². The van der Waals surface area contributed by atoms with Crippen molar-refractivity contribution in [2.24, 2.45) is 0 Å². The average Bonchev–Trinajstić information content (AvgIpc) is 3.14. The number of hydrogen-bond acceptors (Lipinski definition) is 4. The summed E-state index contributed by atoms with van der Waals surface area (Å²) in [5.41, 5.74) is 4.03. The lowest BCUT2D eigenvalue weighted by molar-refractivity contribution is 1.05. The summed E-state index contributed by atoms with van der Waals surface area (Å²) in [5.74, 6) is 0. The van der Waals surface area contributed by atoms with Crippen molar-refractivity contribution in [1.29, 1.82) is 0 Å². The van der Waals surface area contributed by atoms with E-state index in [4.69, 9.17) is 11.6 Å². The van der Waals surface area contributed by atoms with Gasteiger partial charge in [0.2, 0.25) is 0 Å². The molecule has 4 rings (SSSR count). The van der Waals surface area contributed by atoms with Crippen molar-refractivity contribution in [1.82, 2.24) is 19.7 Å². The first-order valence-corrected chi connectivity index (χ1v) is 7.89. The van der Waals surface area contributed by atoms with E-state index in [0.29, 0.717) is 11.6 Å². The summed E-state index contributed by atoms with van der Waals surface area (Å²) < 4.78 is 1.86. The topological polar surface area (TPSA) is 55.6 Å². The van der Waals surface area contributed by atoms with Gasteiger partial charge >= 0.3 is 0 Å². The van der Waals surface area contributed by atoms with E-state index < -0.39 is 0 Å². The number of halogens is 1. The number of nitrogens with one attached hydrogen (secondary N) is 1. The molecule has 0 amide bonds. The molecule has 2 heterocycles. The second-order valence-electron chi connectivity index (χ2n) is 5.41. The van der Waals surface area contributed by atoms with Gasteiger partial charge in [0.15, 0.2) is 0 Å². The molecule has 0 spiro atoms. The van der Waals surface area contributed by atoms with E-state index in [1.807, 2.05) is 53.1 Å². The molecule has 0 aliphatic carbocycles. The molecule has 2 aromatic carbocycles. The van der Waals surface area contributed by atoms with Crippen LogP contribution < -0.4 is 5.32 Å². The molecule has 2 aromatic heterocycles. The average molecular weight is 336 g/mol. The molecule has 0 saturated carbocycles. The Balaban J connectivity index is 1.61. The van der Waals surface area contributed by atoms with Crippen LogP contribution in [0.2, 0.25) is 5.02 Å². The van der Waals surface area contributed by atoms with E-state index in [0.717, 1.165) is 27.8 Å². The molecule has 4 aromatic rings. The van der Waals surface area contributed by atoms with E-state index in [1.54, 1.807) is 18.9 Å². The zero-order valence-electron chi connectivity index (χ0n) is 12.7. The Bertz CT molecular complexity index is 982. The maximum atomic E-state index is 6.23. The van der Waals surface area contributed by atoms with Crippen LogP contribution in [0.5, 0.6) is 0 Å². The molecule has 0 unspecified atom stereocenters. The van der Waals surface area contributed by atoms with Crippen LogP contribution in [0.15, 0.2) is 67.4 Å². The highest BCUT2D eigenvalue weighted by Crippen LogP contribution is 2.23. The predicted molar refractivity (Wildman–Crippen MR) is 95.4 cm³/mol. The van der Waals surface area contributed by atoms with Gasteiger partial charge in [-0.15, -0.1) is 10.2 Å². The molecule has 6 heteroatoms. The van der Waals surface area contributed by atoms with E-state index in [1.165, 1.54) is 0 Å². The zero-order valence-corrected chi connectivity index (χ0v) is 13.5. The Morgan fingerprint density at radius 2 is 1.88 bits per heavy atom. The number of pyridine rings is 1. The van der Waals surface area contributed by atoms with E-state index in [-0.39, 0.29) is 0 Å². The number of hydrogen-bond donors (Lipinski definition) is 1. The SMILES string of the molecule is Clc1cc(CNc2cccc(-n3cnnc3)c2)c2ncccc2c1. The Morgan fingerprint density at radius 3 is 2.75 bits per heavy atom. The Morgan fingerprint density at radius 1 is 1.00 bits per heavy atom. The fourth-order valence-corrected chi connectivity index (χ4v) is 2.92. The molecular formula is C18H14ClN5. The molecule has 5 nitrogen and oxygen atoms in total. The minimum Gasteiger partial charge on any atom is -0.381 e. The van der Waals surface area contributed by atoms with Gasteiger partial charge in [0, 0.05) is 28.8 Å². The highest BCUT2D eigenvalue weighted by molar-refractivity contribution is 6.31. The van der Waals surface area contributed by atoms with Crippen LogP contribution in [-0.2, 0) is 6.54 Å². The lowest BCUT2D eigenvalue weighted by Crippen LogP contribution is -2.02. The molecular weight excluding hydrogens is 322 g/mol. The zero-order chi connectivity index (χ0) is 16.4. The second kappa shape index (κ2) is 6.29. The minimum atomic E-state index is 0.639. The van der Waals surface area contributed by atoms with Gasteiger partial charge in [-0.25, -0.2) is 0 Å². The van der Waals surface area contributed by atoms with E-state index >= 15 is 0 Å². The van der Waals surface area contributed by atoms with Crippen LogP contribution >= 0.6 is 11.6 Å². The summed E-state index contributed by atoms with van der Waals surface area (Å²) in [6.07, 6.45) is 5.15. The number of aromatic nitrogens is 4. The number of fused-ring (bicyclic) bond motifs is 1. The van der Waals surface area contributed by atoms with Crippen LogP contribution in [0.4, 0.5) is 5.69 Å². The lowest BCUT2D eigenvalue weighted by Gasteiger charge is -2.11. The highest BCUT2D eigenvalue weighted by atomic mass is 35.5. The lowest BCUT2D eigenvalue weighted by atomic mass is 10.1. The third-order valence-electron chi connectivity index (χ3n) is 3.79. The standard InChI is InChI=1S/C18H14ClN5/c19-15-7-13-3-2-6-20-18(13)14(8-15)10-21-16-4-1-5-17(9-16)24-11-22-23-12-24/h1-9,11-12,21H,10H2. The molecule has 0 radical (unpaired) electrons. The summed E-state index contributed by atoms with van der Waals surface area (Å²) in [4.78, 5) is 4.47. The summed E-state index contributed by atoms with van der Waals surface area (Å²) in [6.45, 7) is 0.639. The molecule has 24 heavy (non-hydrogen) atoms. The third kappa shape index (κ3) is 2.94. The van der Waals surface area contributed by atoms with Crippen LogP contribution in [0.1, 0.15) is 5.56 Å². The van der Waals surface area contributed by atoms with Gasteiger partial charge < -0.3 is 5.32 Å². The number of rotatable bonds is 4. The predicted octanol–water partition coefficient (Wildman–Crippen LogP) is 4.08. The first-order valence-electron chi connectivity index (χ1n) is 7.52. The second-order valence-corrected chi connectivity index (χ2v) is 5.85. The van der Waals surface area contributed by atoms with Gasteiger partial charge in [0.25, 0.3) is 0 Å². The van der Waals surface area contributed by atoms with Crippen molar-refractivity contribution >= 4 is 28.2 Å². The maximum Gasteiger partial charge on any atom is 0.123 e. The van der Waals surface area contributed by atoms with Crippen molar-refractivity contribution in [3.05, 3.63) is 78.0 Å². The number of anilines is 1. The van der Waals surface area contributed by atoms with Crippen LogP contribution in [0.25, 0.3) is 16.6 Å². The summed E-state index contributed by atoms with van der Waals surface area (Å²) in [5, 5.41) is 12.9. The van der Waals surface area contributed by atoms with E-state index in [9.17, 15) is 0 Å². The summed E-state index contributed by atoms with van der Waals surface area (Å²) >= 11 is 6.23. The van der Waals surface area contributed by atoms with Crippen LogP contribution in [0, 0.1) is 0 Å². The highest BCUT2D eigenvalue weighted by Gasteiger charge is 2.05. The van der Waals surface area contributed by atoms with Crippen molar-refractivity contribution in [3.8, 4) is 5.69 Å². The number of benzene rings is 2. The summed E-state index contributed by atoms with van der Waals surface area (Å²) in [6, 6.07) is 15.9. The van der Waals surface area contributed by atoms with Crippen molar-refractivity contribution in [2.75, 3.05) is 5.32 Å². The minimum absolute atomic E-state index is 0.639. The van der Waals surface area contributed by atoms with Gasteiger partial charge in [0.05, 0.1) is 11.2 Å². The van der Waals surface area contributed by atoms with Gasteiger partial charge in [-0.1, -0.05) is 23.7 Å². The van der Waals surface area contributed by atoms with Crippen LogP contribution in [0.3, 0.4) is 0 Å². The fourth-order valence-electron chi connectivity index (χ4n) is 2.67. The van der Waals surface area contributed by atoms with Gasteiger partial charge in [-0.3, -0.25) is 9.55 Å². The molecule has 118 valence electrons. The molecule has 0 saturated heterocycles. The van der Waals surface area contributed by atoms with E-state index in [2.05, 4.69) is 20.5 Å². The summed E-state index contributed by atoms with van der Waals surface area (Å²) in [7, 11) is 0. The molecule has 0 fully saturated rings. The first kappa shape index (κ1) is 14.7. The molecule has 0 bridgehead atoms. The molecule has 0 aliphatic heterocycles. The maximum absolute atomic E-state index is 6.23. The third-order valence-corrected chi connectivity index (χ3v) is 4.01. The van der Waals surface area contributed by atoms with Crippen molar-refractivity contribution in [3.63, 3.8) is 0 Å². The quantitative estimate of drug-likeness (QED) is 0.610. The molecule has 1 N–H and O–H groups in total. The van der Waals surface area contributed by atoms with Crippen LogP contribution in [-0.4, -0.2) is 19.7 Å².